The highest BCUT2D eigenvalue weighted by atomic mass is 35.5. The maximum absolute atomic E-state index is 12.8. The zero-order valence-corrected chi connectivity index (χ0v) is 13.1. The predicted molar refractivity (Wildman–Crippen MR) is 85.0 cm³/mol. The first-order chi connectivity index (χ1) is 11.3. The number of hydrogen-bond donors (Lipinski definition) is 1. The predicted octanol–water partition coefficient (Wildman–Crippen LogP) is 5.26. The minimum Gasteiger partial charge on any atom is -0.388 e. The van der Waals surface area contributed by atoms with Gasteiger partial charge in [0, 0.05) is 0 Å². The zero-order chi connectivity index (χ0) is 17.5. The lowest BCUT2D eigenvalue weighted by atomic mass is 10.1. The second-order valence-corrected chi connectivity index (χ2v) is 5.57. The molecule has 4 nitrogen and oxygen atoms in total. The van der Waals surface area contributed by atoms with Crippen LogP contribution in [0.3, 0.4) is 0 Å². The smallest absolute Gasteiger partial charge is 0.388 e. The van der Waals surface area contributed by atoms with E-state index in [0.717, 1.165) is 18.2 Å². The van der Waals surface area contributed by atoms with Crippen molar-refractivity contribution in [3.05, 3.63) is 62.4 Å². The van der Waals surface area contributed by atoms with Gasteiger partial charge < -0.3 is 9.73 Å². The van der Waals surface area contributed by atoms with Crippen molar-refractivity contribution >= 4 is 45.8 Å². The van der Waals surface area contributed by atoms with Gasteiger partial charge in [-0.2, -0.15) is 18.2 Å². The van der Waals surface area contributed by atoms with Crippen molar-refractivity contribution in [3.8, 4) is 0 Å². The van der Waals surface area contributed by atoms with E-state index < -0.39 is 17.4 Å². The number of para-hydroxylation sites is 1. The standard InChI is InChI=1S/C15H7Cl2F3N2O2/c16-9-2-1-3-10(17)12(9)22-14-21-11-6-7(15(18,19)20)4-5-8(11)13(23)24-14/h1-6H,(H,21,22). The van der Waals surface area contributed by atoms with Gasteiger partial charge in [-0.25, -0.2) is 4.79 Å². The molecule has 1 N–H and O–H groups in total. The molecular weight excluding hydrogens is 368 g/mol. The quantitative estimate of drug-likeness (QED) is 0.664. The lowest BCUT2D eigenvalue weighted by Gasteiger charge is -2.10. The summed E-state index contributed by atoms with van der Waals surface area (Å²) in [6.45, 7) is 0. The fraction of sp³-hybridized carbons (Fsp3) is 0.0667. The van der Waals surface area contributed by atoms with Gasteiger partial charge in [0.1, 0.15) is 0 Å². The second kappa shape index (κ2) is 5.99. The van der Waals surface area contributed by atoms with Crippen molar-refractivity contribution in [2.24, 2.45) is 0 Å². The van der Waals surface area contributed by atoms with Crippen LogP contribution in [0.1, 0.15) is 5.56 Å². The summed E-state index contributed by atoms with van der Waals surface area (Å²) in [5.41, 5.74) is -1.69. The lowest BCUT2D eigenvalue weighted by Crippen LogP contribution is -2.09. The Labute approximate surface area is 142 Å². The first-order valence-corrected chi connectivity index (χ1v) is 7.24. The molecule has 0 saturated heterocycles. The number of halogens is 5. The van der Waals surface area contributed by atoms with E-state index in [2.05, 4.69) is 10.3 Å². The Bertz CT molecular complexity index is 966. The fourth-order valence-corrected chi connectivity index (χ4v) is 2.52. The maximum Gasteiger partial charge on any atom is 0.416 e. The van der Waals surface area contributed by atoms with Crippen molar-refractivity contribution in [3.63, 3.8) is 0 Å². The zero-order valence-electron chi connectivity index (χ0n) is 11.6. The van der Waals surface area contributed by atoms with Crippen LogP contribution in [0.25, 0.3) is 10.9 Å². The van der Waals surface area contributed by atoms with Crippen LogP contribution in [0.15, 0.2) is 45.6 Å². The average Bonchev–Trinajstić information content (AvgIpc) is 2.50. The van der Waals surface area contributed by atoms with Gasteiger partial charge in [-0.1, -0.05) is 29.3 Å². The van der Waals surface area contributed by atoms with Crippen LogP contribution in [0.4, 0.5) is 24.9 Å². The number of aromatic nitrogens is 1. The topological polar surface area (TPSA) is 55.1 Å². The Hall–Kier alpha value is -2.25. The fourth-order valence-electron chi connectivity index (χ4n) is 2.03. The van der Waals surface area contributed by atoms with Crippen LogP contribution in [0.2, 0.25) is 10.0 Å². The third kappa shape index (κ3) is 3.18. The van der Waals surface area contributed by atoms with E-state index >= 15 is 0 Å². The van der Waals surface area contributed by atoms with E-state index in [-0.39, 0.29) is 32.7 Å². The number of benzene rings is 2. The van der Waals surface area contributed by atoms with E-state index in [1.165, 1.54) is 12.1 Å². The Morgan fingerprint density at radius 1 is 1.08 bits per heavy atom. The molecule has 0 amide bonds. The molecule has 1 aromatic heterocycles. The minimum atomic E-state index is -4.55. The van der Waals surface area contributed by atoms with Gasteiger partial charge in [0.15, 0.2) is 0 Å². The molecule has 2 aromatic carbocycles. The molecule has 124 valence electrons. The van der Waals surface area contributed by atoms with Crippen LogP contribution >= 0.6 is 23.2 Å². The van der Waals surface area contributed by atoms with Crippen LogP contribution in [0.5, 0.6) is 0 Å². The van der Waals surface area contributed by atoms with Crippen molar-refractivity contribution in [2.75, 3.05) is 5.32 Å². The molecule has 0 bridgehead atoms. The number of anilines is 2. The van der Waals surface area contributed by atoms with Gasteiger partial charge >= 0.3 is 17.8 Å². The number of nitrogens with zero attached hydrogens (tertiary/aromatic N) is 1. The average molecular weight is 375 g/mol. The van der Waals surface area contributed by atoms with Crippen LogP contribution < -0.4 is 10.9 Å². The number of nitrogens with one attached hydrogen (secondary N) is 1. The molecule has 0 saturated carbocycles. The summed E-state index contributed by atoms with van der Waals surface area (Å²) in [5, 5.41) is 3.00. The molecule has 0 aliphatic carbocycles. The molecule has 0 aliphatic rings. The second-order valence-electron chi connectivity index (χ2n) is 4.76. The van der Waals surface area contributed by atoms with Gasteiger partial charge in [0.05, 0.1) is 32.2 Å². The van der Waals surface area contributed by atoms with E-state index in [9.17, 15) is 18.0 Å². The van der Waals surface area contributed by atoms with Crippen molar-refractivity contribution in [2.45, 2.75) is 6.18 Å². The number of fused-ring (bicyclic) bond motifs is 1. The summed E-state index contributed by atoms with van der Waals surface area (Å²) in [6, 6.07) is 6.94. The summed E-state index contributed by atoms with van der Waals surface area (Å²) in [7, 11) is 0. The van der Waals surface area contributed by atoms with Crippen LogP contribution in [-0.4, -0.2) is 4.98 Å². The molecule has 0 spiro atoms. The maximum atomic E-state index is 12.8. The molecular formula is C15H7Cl2F3N2O2. The minimum absolute atomic E-state index is 0.0706. The first-order valence-electron chi connectivity index (χ1n) is 6.49. The van der Waals surface area contributed by atoms with Crippen molar-refractivity contribution < 1.29 is 17.6 Å². The first kappa shape index (κ1) is 16.6. The summed E-state index contributed by atoms with van der Waals surface area (Å²) in [4.78, 5) is 15.8. The summed E-state index contributed by atoms with van der Waals surface area (Å²) < 4.78 is 43.3. The number of rotatable bonds is 2. The Balaban J connectivity index is 2.11. The monoisotopic (exact) mass is 374 g/mol. The number of alkyl halides is 3. The van der Waals surface area contributed by atoms with Crippen molar-refractivity contribution in [1.82, 2.24) is 4.98 Å². The van der Waals surface area contributed by atoms with E-state index in [1.54, 1.807) is 6.07 Å². The molecule has 3 rings (SSSR count). The molecule has 1 heterocycles. The van der Waals surface area contributed by atoms with Crippen LogP contribution in [-0.2, 0) is 6.18 Å². The Morgan fingerprint density at radius 2 is 1.75 bits per heavy atom. The van der Waals surface area contributed by atoms with Crippen molar-refractivity contribution in [1.29, 1.82) is 0 Å². The van der Waals surface area contributed by atoms with Gasteiger partial charge in [0.25, 0.3) is 0 Å². The molecule has 0 radical (unpaired) electrons. The SMILES string of the molecule is O=c1oc(Nc2c(Cl)cccc2Cl)nc2cc(C(F)(F)F)ccc12. The van der Waals surface area contributed by atoms with E-state index in [0.29, 0.717) is 0 Å². The lowest BCUT2D eigenvalue weighted by molar-refractivity contribution is -0.137. The molecule has 9 heteroatoms. The van der Waals surface area contributed by atoms with Gasteiger partial charge in [-0.15, -0.1) is 0 Å². The number of hydrogen-bond acceptors (Lipinski definition) is 4. The molecule has 0 aliphatic heterocycles. The summed E-state index contributed by atoms with van der Waals surface area (Å²) in [6.07, 6.45) is -4.55. The normalized spacial score (nSPS) is 11.7. The third-order valence-electron chi connectivity index (χ3n) is 3.15. The molecule has 0 unspecified atom stereocenters. The Kier molecular flexibility index (Phi) is 4.15. The molecule has 24 heavy (non-hydrogen) atoms. The van der Waals surface area contributed by atoms with Gasteiger partial charge in [-0.05, 0) is 30.3 Å². The highest BCUT2D eigenvalue weighted by Crippen LogP contribution is 2.33. The molecule has 0 atom stereocenters. The Morgan fingerprint density at radius 3 is 2.38 bits per heavy atom. The van der Waals surface area contributed by atoms with Gasteiger partial charge in [-0.3, -0.25) is 0 Å². The summed E-state index contributed by atoms with van der Waals surface area (Å²) >= 11 is 12.0. The third-order valence-corrected chi connectivity index (χ3v) is 3.78. The highest BCUT2D eigenvalue weighted by molar-refractivity contribution is 6.39. The largest absolute Gasteiger partial charge is 0.416 e. The highest BCUT2D eigenvalue weighted by Gasteiger charge is 2.31. The van der Waals surface area contributed by atoms with Crippen LogP contribution in [0, 0.1) is 0 Å². The van der Waals surface area contributed by atoms with E-state index in [4.69, 9.17) is 27.6 Å². The van der Waals surface area contributed by atoms with Gasteiger partial charge in [0.2, 0.25) is 0 Å². The summed E-state index contributed by atoms with van der Waals surface area (Å²) in [5.74, 6) is 0. The molecule has 0 fully saturated rings. The molecule has 3 aromatic rings. The van der Waals surface area contributed by atoms with E-state index in [1.807, 2.05) is 0 Å².